The Morgan fingerprint density at radius 1 is 1.04 bits per heavy atom. The lowest BCUT2D eigenvalue weighted by molar-refractivity contribution is -0.131. The van der Waals surface area contributed by atoms with Crippen LogP contribution in [0, 0.1) is 0 Å². The molecule has 0 spiro atoms. The number of aromatic nitrogens is 1. The molecule has 4 nitrogen and oxygen atoms in total. The third-order valence-corrected chi connectivity index (χ3v) is 4.77. The van der Waals surface area contributed by atoms with E-state index in [-0.39, 0.29) is 5.91 Å². The highest BCUT2D eigenvalue weighted by atomic mass is 16.2. The quantitative estimate of drug-likeness (QED) is 0.803. The SMILES string of the molecule is O=C(CCc1cccnc1)N1CCCN(C/C=C/c2ccccc2)CC1. The van der Waals surface area contributed by atoms with Crippen LogP contribution < -0.4 is 0 Å². The van der Waals surface area contributed by atoms with Crippen LogP contribution in [0.25, 0.3) is 6.08 Å². The molecule has 1 aliphatic rings. The second-order valence-corrected chi connectivity index (χ2v) is 6.71. The molecule has 0 radical (unpaired) electrons. The van der Waals surface area contributed by atoms with Crippen molar-refractivity contribution in [3.8, 4) is 0 Å². The van der Waals surface area contributed by atoms with Crippen molar-refractivity contribution in [3.63, 3.8) is 0 Å². The number of pyridine rings is 1. The molecule has 26 heavy (non-hydrogen) atoms. The zero-order valence-electron chi connectivity index (χ0n) is 15.3. The van der Waals surface area contributed by atoms with Crippen molar-refractivity contribution < 1.29 is 4.79 Å². The van der Waals surface area contributed by atoms with Gasteiger partial charge in [0.1, 0.15) is 0 Å². The van der Waals surface area contributed by atoms with Crippen molar-refractivity contribution in [3.05, 3.63) is 72.1 Å². The first kappa shape index (κ1) is 18.3. The van der Waals surface area contributed by atoms with Crippen molar-refractivity contribution in [1.82, 2.24) is 14.8 Å². The van der Waals surface area contributed by atoms with Gasteiger partial charge in [0.15, 0.2) is 0 Å². The highest BCUT2D eigenvalue weighted by Crippen LogP contribution is 2.08. The molecule has 1 aromatic heterocycles. The van der Waals surface area contributed by atoms with E-state index in [2.05, 4.69) is 46.3 Å². The monoisotopic (exact) mass is 349 g/mol. The molecule has 1 fully saturated rings. The van der Waals surface area contributed by atoms with Crippen LogP contribution in [0.2, 0.25) is 0 Å². The standard InChI is InChI=1S/C22H27N3O/c26-22(12-11-21-9-4-13-23-19-21)25-16-6-15-24(17-18-25)14-5-10-20-7-2-1-3-8-20/h1-5,7-10,13,19H,6,11-12,14-18H2/b10-5+. The molecule has 0 aliphatic carbocycles. The van der Waals surface area contributed by atoms with Crippen LogP contribution in [0.4, 0.5) is 0 Å². The van der Waals surface area contributed by atoms with Gasteiger partial charge in [0.2, 0.25) is 5.91 Å². The number of rotatable bonds is 6. The summed E-state index contributed by atoms with van der Waals surface area (Å²) in [6.07, 6.45) is 10.4. The summed E-state index contributed by atoms with van der Waals surface area (Å²) in [5.74, 6) is 0.260. The van der Waals surface area contributed by atoms with E-state index < -0.39 is 0 Å². The third kappa shape index (κ3) is 5.81. The Morgan fingerprint density at radius 3 is 2.73 bits per heavy atom. The first-order valence-corrected chi connectivity index (χ1v) is 9.42. The van der Waals surface area contributed by atoms with Crippen molar-refractivity contribution >= 4 is 12.0 Å². The van der Waals surface area contributed by atoms with Crippen molar-refractivity contribution in [2.75, 3.05) is 32.7 Å². The number of hydrogen-bond acceptors (Lipinski definition) is 3. The van der Waals surface area contributed by atoms with Gasteiger partial charge in [-0.15, -0.1) is 0 Å². The predicted octanol–water partition coefficient (Wildman–Crippen LogP) is 3.26. The fraction of sp³-hybridized carbons (Fsp3) is 0.364. The van der Waals surface area contributed by atoms with Gasteiger partial charge in [0.05, 0.1) is 0 Å². The molecule has 0 unspecified atom stereocenters. The Hall–Kier alpha value is -2.46. The maximum atomic E-state index is 12.5. The highest BCUT2D eigenvalue weighted by Gasteiger charge is 2.18. The molecule has 0 saturated carbocycles. The first-order chi connectivity index (χ1) is 12.8. The van der Waals surface area contributed by atoms with Crippen LogP contribution >= 0.6 is 0 Å². The average Bonchev–Trinajstić information content (AvgIpc) is 2.94. The molecule has 0 bridgehead atoms. The summed E-state index contributed by atoms with van der Waals surface area (Å²) in [6, 6.07) is 14.3. The van der Waals surface area contributed by atoms with Gasteiger partial charge in [-0.2, -0.15) is 0 Å². The molecule has 0 atom stereocenters. The summed E-state index contributed by atoms with van der Waals surface area (Å²) < 4.78 is 0. The number of aryl methyl sites for hydroxylation is 1. The molecule has 0 N–H and O–H groups in total. The molecule has 136 valence electrons. The van der Waals surface area contributed by atoms with Crippen molar-refractivity contribution in [1.29, 1.82) is 0 Å². The summed E-state index contributed by atoms with van der Waals surface area (Å²) in [7, 11) is 0. The van der Waals surface area contributed by atoms with E-state index in [1.54, 1.807) is 6.20 Å². The van der Waals surface area contributed by atoms with Crippen LogP contribution in [0.3, 0.4) is 0 Å². The number of carbonyl (C=O) groups excluding carboxylic acids is 1. The van der Waals surface area contributed by atoms with E-state index in [9.17, 15) is 4.79 Å². The third-order valence-electron chi connectivity index (χ3n) is 4.77. The van der Waals surface area contributed by atoms with E-state index in [1.807, 2.05) is 29.3 Å². The number of carbonyl (C=O) groups is 1. The second kappa shape index (κ2) is 9.88. The summed E-state index contributed by atoms with van der Waals surface area (Å²) in [5, 5.41) is 0. The smallest absolute Gasteiger partial charge is 0.222 e. The van der Waals surface area contributed by atoms with E-state index in [0.717, 1.165) is 51.1 Å². The van der Waals surface area contributed by atoms with Crippen LogP contribution in [0.15, 0.2) is 60.9 Å². The maximum absolute atomic E-state index is 12.5. The Morgan fingerprint density at radius 2 is 1.92 bits per heavy atom. The molecule has 2 aromatic rings. The lowest BCUT2D eigenvalue weighted by Gasteiger charge is -2.21. The Labute approximate surface area is 156 Å². The van der Waals surface area contributed by atoms with Gasteiger partial charge in [-0.1, -0.05) is 48.6 Å². The molecule has 1 amide bonds. The summed E-state index contributed by atoms with van der Waals surface area (Å²) in [4.78, 5) is 21.1. The fourth-order valence-corrected chi connectivity index (χ4v) is 3.26. The highest BCUT2D eigenvalue weighted by molar-refractivity contribution is 5.76. The Bertz CT molecular complexity index is 700. The van der Waals surface area contributed by atoms with Crippen LogP contribution in [-0.2, 0) is 11.2 Å². The van der Waals surface area contributed by atoms with Crippen molar-refractivity contribution in [2.24, 2.45) is 0 Å². The van der Waals surface area contributed by atoms with Crippen molar-refractivity contribution in [2.45, 2.75) is 19.3 Å². The first-order valence-electron chi connectivity index (χ1n) is 9.42. The average molecular weight is 349 g/mol. The Kier molecular flexibility index (Phi) is 6.96. The minimum absolute atomic E-state index is 0.260. The van der Waals surface area contributed by atoms with Gasteiger partial charge in [-0.05, 0) is 30.0 Å². The molecular weight excluding hydrogens is 322 g/mol. The number of hydrogen-bond donors (Lipinski definition) is 0. The van der Waals surface area contributed by atoms with Crippen LogP contribution in [0.5, 0.6) is 0 Å². The molecule has 1 aromatic carbocycles. The lowest BCUT2D eigenvalue weighted by atomic mass is 10.1. The van der Waals surface area contributed by atoms with E-state index in [0.29, 0.717) is 6.42 Å². The Balaban J connectivity index is 1.42. The van der Waals surface area contributed by atoms with E-state index in [1.165, 1.54) is 5.56 Å². The van der Waals surface area contributed by atoms with Gasteiger partial charge < -0.3 is 4.90 Å². The minimum Gasteiger partial charge on any atom is -0.341 e. The second-order valence-electron chi connectivity index (χ2n) is 6.71. The molecule has 1 aliphatic heterocycles. The van der Waals surface area contributed by atoms with Gasteiger partial charge in [0.25, 0.3) is 0 Å². The van der Waals surface area contributed by atoms with E-state index in [4.69, 9.17) is 0 Å². The van der Waals surface area contributed by atoms with Gasteiger partial charge >= 0.3 is 0 Å². The van der Waals surface area contributed by atoms with Gasteiger partial charge in [0, 0.05) is 51.5 Å². The minimum atomic E-state index is 0.260. The zero-order chi connectivity index (χ0) is 18.0. The maximum Gasteiger partial charge on any atom is 0.222 e. The van der Waals surface area contributed by atoms with Gasteiger partial charge in [-0.25, -0.2) is 0 Å². The van der Waals surface area contributed by atoms with Gasteiger partial charge in [-0.3, -0.25) is 14.7 Å². The zero-order valence-corrected chi connectivity index (χ0v) is 15.3. The fourth-order valence-electron chi connectivity index (χ4n) is 3.26. The number of nitrogens with zero attached hydrogens (tertiary/aromatic N) is 3. The van der Waals surface area contributed by atoms with Crippen LogP contribution in [-0.4, -0.2) is 53.4 Å². The summed E-state index contributed by atoms with van der Waals surface area (Å²) >= 11 is 0. The lowest BCUT2D eigenvalue weighted by Crippen LogP contribution is -2.35. The molecular formula is C22H27N3O. The van der Waals surface area contributed by atoms with E-state index >= 15 is 0 Å². The normalized spacial score (nSPS) is 15.9. The number of benzene rings is 1. The predicted molar refractivity (Wildman–Crippen MR) is 106 cm³/mol. The molecule has 2 heterocycles. The topological polar surface area (TPSA) is 36.4 Å². The molecule has 1 saturated heterocycles. The summed E-state index contributed by atoms with van der Waals surface area (Å²) in [5.41, 5.74) is 2.36. The summed E-state index contributed by atoms with van der Waals surface area (Å²) in [6.45, 7) is 4.62. The largest absolute Gasteiger partial charge is 0.341 e. The number of amides is 1. The molecule has 3 rings (SSSR count). The van der Waals surface area contributed by atoms with Crippen LogP contribution in [0.1, 0.15) is 24.0 Å². The molecule has 4 heteroatoms.